The molecule has 1 aliphatic carbocycles. The van der Waals surface area contributed by atoms with Crippen molar-refractivity contribution < 1.29 is 14.6 Å². The lowest BCUT2D eigenvalue weighted by Crippen LogP contribution is -2.53. The van der Waals surface area contributed by atoms with E-state index in [0.29, 0.717) is 12.7 Å². The van der Waals surface area contributed by atoms with Gasteiger partial charge >= 0.3 is 0 Å². The molecule has 0 amide bonds. The molecule has 0 unspecified atom stereocenters. The summed E-state index contributed by atoms with van der Waals surface area (Å²) in [6, 6.07) is 6.38. The average Bonchev–Trinajstić information content (AvgIpc) is 2.93. The molecule has 0 radical (unpaired) electrons. The number of aliphatic hydroxyl groups is 1. The van der Waals surface area contributed by atoms with Gasteiger partial charge < -0.3 is 19.9 Å². The molecule has 2 aliphatic heterocycles. The van der Waals surface area contributed by atoms with Crippen LogP contribution in [0.1, 0.15) is 43.7 Å². The van der Waals surface area contributed by atoms with Gasteiger partial charge in [0, 0.05) is 12.0 Å². The first-order chi connectivity index (χ1) is 9.76. The monoisotopic (exact) mass is 275 g/mol. The molecular formula is C16H21NO3. The van der Waals surface area contributed by atoms with Gasteiger partial charge in [0.05, 0.1) is 5.60 Å². The first-order valence-corrected chi connectivity index (χ1v) is 7.62. The van der Waals surface area contributed by atoms with Crippen molar-refractivity contribution >= 4 is 0 Å². The molecule has 3 atom stereocenters. The summed E-state index contributed by atoms with van der Waals surface area (Å²) in [5.41, 5.74) is 0.726. The zero-order chi connectivity index (χ0) is 13.6. The van der Waals surface area contributed by atoms with Gasteiger partial charge in [-0.25, -0.2) is 0 Å². The minimum absolute atomic E-state index is 0.226. The first-order valence-electron chi connectivity index (χ1n) is 7.62. The number of piperidine rings is 1. The van der Waals surface area contributed by atoms with Crippen molar-refractivity contribution in [2.75, 3.05) is 13.3 Å². The smallest absolute Gasteiger partial charge is 0.231 e. The number of benzene rings is 1. The summed E-state index contributed by atoms with van der Waals surface area (Å²) in [4.78, 5) is 0. The van der Waals surface area contributed by atoms with Crippen molar-refractivity contribution in [1.82, 2.24) is 5.32 Å². The highest BCUT2D eigenvalue weighted by atomic mass is 16.7. The van der Waals surface area contributed by atoms with E-state index in [1.54, 1.807) is 0 Å². The number of nitrogens with one attached hydrogen (secondary N) is 1. The molecule has 2 N–H and O–H groups in total. The Balaban J connectivity index is 1.66. The molecule has 4 nitrogen and oxygen atoms in total. The Morgan fingerprint density at radius 2 is 2.05 bits per heavy atom. The molecule has 0 bridgehead atoms. The Morgan fingerprint density at radius 3 is 3.00 bits per heavy atom. The van der Waals surface area contributed by atoms with E-state index in [0.717, 1.165) is 43.7 Å². The van der Waals surface area contributed by atoms with Crippen molar-refractivity contribution in [2.45, 2.75) is 43.7 Å². The highest BCUT2D eigenvalue weighted by Gasteiger charge is 2.46. The van der Waals surface area contributed by atoms with E-state index in [1.807, 2.05) is 6.07 Å². The van der Waals surface area contributed by atoms with Crippen LogP contribution in [0.4, 0.5) is 0 Å². The van der Waals surface area contributed by atoms with Crippen LogP contribution in [-0.2, 0) is 0 Å². The highest BCUT2D eigenvalue weighted by Crippen LogP contribution is 2.46. The van der Waals surface area contributed by atoms with Crippen LogP contribution in [0.25, 0.3) is 0 Å². The summed E-state index contributed by atoms with van der Waals surface area (Å²) in [6.45, 7) is 1.19. The number of hydrogen-bond donors (Lipinski definition) is 2. The van der Waals surface area contributed by atoms with Crippen molar-refractivity contribution in [1.29, 1.82) is 0 Å². The summed E-state index contributed by atoms with van der Waals surface area (Å²) >= 11 is 0. The van der Waals surface area contributed by atoms with Gasteiger partial charge in [0.2, 0.25) is 6.79 Å². The van der Waals surface area contributed by atoms with Gasteiger partial charge in [0.25, 0.3) is 0 Å². The SMILES string of the molecule is O[C@]12CCCC[C@H]1[C@@H](c1ccc3c(c1)OCO3)NCC2. The average molecular weight is 275 g/mol. The van der Waals surface area contributed by atoms with Crippen molar-refractivity contribution in [3.8, 4) is 11.5 Å². The number of ether oxygens (including phenoxy) is 2. The topological polar surface area (TPSA) is 50.7 Å². The fraction of sp³-hybridized carbons (Fsp3) is 0.625. The third-order valence-corrected chi connectivity index (χ3v) is 5.15. The summed E-state index contributed by atoms with van der Waals surface area (Å²) < 4.78 is 10.9. The number of hydrogen-bond acceptors (Lipinski definition) is 4. The Labute approximate surface area is 119 Å². The van der Waals surface area contributed by atoms with Crippen LogP contribution in [0.15, 0.2) is 18.2 Å². The van der Waals surface area contributed by atoms with Gasteiger partial charge in [-0.05, 0) is 43.5 Å². The van der Waals surface area contributed by atoms with Crippen LogP contribution in [0.5, 0.6) is 11.5 Å². The molecule has 1 aromatic carbocycles. The van der Waals surface area contributed by atoms with Crippen LogP contribution >= 0.6 is 0 Å². The summed E-state index contributed by atoms with van der Waals surface area (Å²) in [7, 11) is 0. The summed E-state index contributed by atoms with van der Waals surface area (Å²) in [6.07, 6.45) is 5.29. The van der Waals surface area contributed by atoms with Gasteiger partial charge in [0.1, 0.15) is 0 Å². The summed E-state index contributed by atoms with van der Waals surface area (Å²) in [5.74, 6) is 1.96. The number of fused-ring (bicyclic) bond motifs is 2. The minimum atomic E-state index is -0.482. The maximum absolute atomic E-state index is 10.9. The maximum atomic E-state index is 10.9. The largest absolute Gasteiger partial charge is 0.454 e. The van der Waals surface area contributed by atoms with Gasteiger partial charge in [-0.15, -0.1) is 0 Å². The molecule has 2 fully saturated rings. The maximum Gasteiger partial charge on any atom is 0.231 e. The Kier molecular flexibility index (Phi) is 2.89. The van der Waals surface area contributed by atoms with E-state index in [1.165, 1.54) is 12.0 Å². The number of rotatable bonds is 1. The first kappa shape index (κ1) is 12.5. The molecule has 108 valence electrons. The lowest BCUT2D eigenvalue weighted by atomic mass is 9.67. The zero-order valence-corrected chi connectivity index (χ0v) is 11.6. The quantitative estimate of drug-likeness (QED) is 0.826. The van der Waals surface area contributed by atoms with Crippen LogP contribution < -0.4 is 14.8 Å². The molecule has 3 aliphatic rings. The molecule has 1 aromatic rings. The lowest BCUT2D eigenvalue weighted by molar-refractivity contribution is -0.0861. The van der Waals surface area contributed by atoms with E-state index in [-0.39, 0.29) is 6.04 Å². The Morgan fingerprint density at radius 1 is 1.15 bits per heavy atom. The van der Waals surface area contributed by atoms with E-state index >= 15 is 0 Å². The van der Waals surface area contributed by atoms with E-state index in [4.69, 9.17) is 9.47 Å². The van der Waals surface area contributed by atoms with E-state index in [2.05, 4.69) is 17.4 Å². The predicted molar refractivity (Wildman–Crippen MR) is 74.8 cm³/mol. The summed E-state index contributed by atoms with van der Waals surface area (Å²) in [5, 5.41) is 14.5. The third-order valence-electron chi connectivity index (χ3n) is 5.15. The molecular weight excluding hydrogens is 254 g/mol. The molecule has 1 saturated heterocycles. The molecule has 2 heterocycles. The molecule has 0 aromatic heterocycles. The highest BCUT2D eigenvalue weighted by molar-refractivity contribution is 5.45. The molecule has 4 heteroatoms. The third kappa shape index (κ3) is 1.90. The molecule has 0 spiro atoms. The molecule has 4 rings (SSSR count). The second-order valence-corrected chi connectivity index (χ2v) is 6.25. The molecule has 1 saturated carbocycles. The second kappa shape index (κ2) is 4.64. The van der Waals surface area contributed by atoms with Crippen molar-refractivity contribution in [2.24, 2.45) is 5.92 Å². The molecule has 20 heavy (non-hydrogen) atoms. The lowest BCUT2D eigenvalue weighted by Gasteiger charge is -2.48. The fourth-order valence-corrected chi connectivity index (χ4v) is 4.08. The van der Waals surface area contributed by atoms with Gasteiger partial charge in [-0.2, -0.15) is 0 Å². The van der Waals surface area contributed by atoms with E-state index < -0.39 is 5.60 Å². The predicted octanol–water partition coefficient (Wildman–Crippen LogP) is 2.37. The second-order valence-electron chi connectivity index (χ2n) is 6.25. The Hall–Kier alpha value is -1.26. The van der Waals surface area contributed by atoms with Gasteiger partial charge in [-0.1, -0.05) is 18.9 Å². The van der Waals surface area contributed by atoms with Crippen molar-refractivity contribution in [3.63, 3.8) is 0 Å². The van der Waals surface area contributed by atoms with Crippen LogP contribution in [0.2, 0.25) is 0 Å². The Bertz CT molecular complexity index is 514. The van der Waals surface area contributed by atoms with Gasteiger partial charge in [-0.3, -0.25) is 0 Å². The fourth-order valence-electron chi connectivity index (χ4n) is 4.08. The van der Waals surface area contributed by atoms with Gasteiger partial charge in [0.15, 0.2) is 11.5 Å². The normalized spacial score (nSPS) is 35.6. The van der Waals surface area contributed by atoms with Crippen molar-refractivity contribution in [3.05, 3.63) is 23.8 Å². The van der Waals surface area contributed by atoms with Crippen LogP contribution in [0, 0.1) is 5.92 Å². The van der Waals surface area contributed by atoms with Crippen LogP contribution in [0.3, 0.4) is 0 Å². The zero-order valence-electron chi connectivity index (χ0n) is 11.6. The van der Waals surface area contributed by atoms with E-state index in [9.17, 15) is 5.11 Å². The van der Waals surface area contributed by atoms with Crippen LogP contribution in [-0.4, -0.2) is 24.0 Å². The standard InChI is InChI=1S/C16H21NO3/c18-16-6-2-1-3-12(16)15(17-8-7-16)11-4-5-13-14(9-11)20-10-19-13/h4-5,9,12,15,17-18H,1-3,6-8,10H2/t12-,15+,16-/m0/s1. The minimum Gasteiger partial charge on any atom is -0.454 e.